The number of carboxylic acid groups (broad SMARTS) is 1. The molecular weight excluding hydrogens is 271 g/mol. The molecule has 0 aliphatic rings. The lowest BCUT2D eigenvalue weighted by Gasteiger charge is -2.07. The molecule has 0 aliphatic heterocycles. The Balaban J connectivity index is 2.30. The predicted octanol–water partition coefficient (Wildman–Crippen LogP) is 3.09. The molecule has 0 fully saturated rings. The summed E-state index contributed by atoms with van der Waals surface area (Å²) in [5, 5.41) is 13.1. The second-order valence-electron chi connectivity index (χ2n) is 4.98. The highest BCUT2D eigenvalue weighted by molar-refractivity contribution is 5.85. The summed E-state index contributed by atoms with van der Waals surface area (Å²) in [6, 6.07) is 4.66. The van der Waals surface area contributed by atoms with E-state index in [1.807, 2.05) is 25.5 Å². The molecule has 0 saturated carbocycles. The van der Waals surface area contributed by atoms with Gasteiger partial charge in [-0.3, -0.25) is 4.68 Å². The van der Waals surface area contributed by atoms with Gasteiger partial charge < -0.3 is 5.11 Å². The normalized spacial score (nSPS) is 11.2. The van der Waals surface area contributed by atoms with Crippen LogP contribution in [0.15, 0.2) is 24.3 Å². The molecular formula is C16H17FN2O2. The Hall–Kier alpha value is -2.43. The summed E-state index contributed by atoms with van der Waals surface area (Å²) in [5.41, 5.74) is 4.31. The Kier molecular flexibility index (Phi) is 4.21. The van der Waals surface area contributed by atoms with Crippen LogP contribution in [0.1, 0.15) is 28.1 Å². The molecule has 21 heavy (non-hydrogen) atoms. The van der Waals surface area contributed by atoms with Crippen LogP contribution in [0.25, 0.3) is 6.08 Å². The van der Waals surface area contributed by atoms with Crippen LogP contribution >= 0.6 is 0 Å². The molecule has 110 valence electrons. The average Bonchev–Trinajstić information content (AvgIpc) is 2.67. The number of rotatable bonds is 4. The summed E-state index contributed by atoms with van der Waals surface area (Å²) in [4.78, 5) is 10.5. The van der Waals surface area contributed by atoms with Gasteiger partial charge in [-0.2, -0.15) is 5.10 Å². The van der Waals surface area contributed by atoms with Crippen LogP contribution < -0.4 is 0 Å². The van der Waals surface area contributed by atoms with Gasteiger partial charge in [-0.25, -0.2) is 9.18 Å². The first-order valence-corrected chi connectivity index (χ1v) is 6.58. The van der Waals surface area contributed by atoms with E-state index < -0.39 is 11.8 Å². The van der Waals surface area contributed by atoms with Crippen molar-refractivity contribution in [3.63, 3.8) is 0 Å². The van der Waals surface area contributed by atoms with E-state index in [9.17, 15) is 9.18 Å². The minimum absolute atomic E-state index is 0.258. The summed E-state index contributed by atoms with van der Waals surface area (Å²) < 4.78 is 15.5. The topological polar surface area (TPSA) is 55.1 Å². The standard InChI is InChI=1S/C16H17FN2O2/c1-10-11(2)18-19(12(10)3)9-13-4-6-15(17)14(8-13)5-7-16(20)21/h4-8H,9H2,1-3H3,(H,20,21). The number of aliphatic carboxylic acids is 1. The predicted molar refractivity (Wildman–Crippen MR) is 78.6 cm³/mol. The van der Waals surface area contributed by atoms with E-state index >= 15 is 0 Å². The van der Waals surface area contributed by atoms with Crippen molar-refractivity contribution in [2.45, 2.75) is 27.3 Å². The number of nitrogens with zero attached hydrogens (tertiary/aromatic N) is 2. The van der Waals surface area contributed by atoms with Gasteiger partial charge in [-0.1, -0.05) is 6.07 Å². The second kappa shape index (κ2) is 5.91. The van der Waals surface area contributed by atoms with Crippen LogP contribution in [0.2, 0.25) is 0 Å². The fourth-order valence-electron chi connectivity index (χ4n) is 2.09. The first kappa shape index (κ1) is 15.0. The van der Waals surface area contributed by atoms with E-state index in [1.165, 1.54) is 12.1 Å². The van der Waals surface area contributed by atoms with Gasteiger partial charge >= 0.3 is 5.97 Å². The minimum Gasteiger partial charge on any atom is -0.478 e. The Morgan fingerprint density at radius 1 is 1.38 bits per heavy atom. The Morgan fingerprint density at radius 3 is 2.67 bits per heavy atom. The zero-order valence-electron chi connectivity index (χ0n) is 12.2. The van der Waals surface area contributed by atoms with Crippen molar-refractivity contribution < 1.29 is 14.3 Å². The van der Waals surface area contributed by atoms with Gasteiger partial charge in [-0.15, -0.1) is 0 Å². The van der Waals surface area contributed by atoms with E-state index in [0.29, 0.717) is 6.54 Å². The van der Waals surface area contributed by atoms with Crippen LogP contribution in [0, 0.1) is 26.6 Å². The van der Waals surface area contributed by atoms with E-state index in [1.54, 1.807) is 12.1 Å². The maximum Gasteiger partial charge on any atom is 0.328 e. The van der Waals surface area contributed by atoms with Crippen LogP contribution in [0.3, 0.4) is 0 Å². The molecule has 2 rings (SSSR count). The second-order valence-corrected chi connectivity index (χ2v) is 4.98. The van der Waals surface area contributed by atoms with Crippen LogP contribution in [0.5, 0.6) is 0 Å². The fourth-order valence-corrected chi connectivity index (χ4v) is 2.09. The Labute approximate surface area is 122 Å². The zero-order chi connectivity index (χ0) is 15.6. The maximum atomic E-state index is 13.6. The summed E-state index contributed by atoms with van der Waals surface area (Å²) in [6.45, 7) is 6.48. The van der Waals surface area contributed by atoms with Gasteiger partial charge in [0.25, 0.3) is 0 Å². The van der Waals surface area contributed by atoms with Crippen molar-refractivity contribution in [1.82, 2.24) is 9.78 Å². The third-order valence-electron chi connectivity index (χ3n) is 3.54. The quantitative estimate of drug-likeness (QED) is 0.880. The molecule has 1 aromatic carbocycles. The molecule has 0 atom stereocenters. The molecule has 1 heterocycles. The van der Waals surface area contributed by atoms with Crippen molar-refractivity contribution in [3.8, 4) is 0 Å². The van der Waals surface area contributed by atoms with Crippen LogP contribution in [-0.4, -0.2) is 20.9 Å². The van der Waals surface area contributed by atoms with Gasteiger partial charge in [0, 0.05) is 17.3 Å². The van der Waals surface area contributed by atoms with Crippen LogP contribution in [-0.2, 0) is 11.3 Å². The molecule has 0 bridgehead atoms. The SMILES string of the molecule is Cc1nn(Cc2ccc(F)c(C=CC(=O)O)c2)c(C)c1C. The number of hydrogen-bond acceptors (Lipinski definition) is 2. The summed E-state index contributed by atoms with van der Waals surface area (Å²) in [6.07, 6.45) is 2.18. The third-order valence-corrected chi connectivity index (χ3v) is 3.54. The van der Waals surface area contributed by atoms with Crippen molar-refractivity contribution in [2.24, 2.45) is 0 Å². The number of hydrogen-bond donors (Lipinski definition) is 1. The van der Waals surface area contributed by atoms with E-state index in [0.717, 1.165) is 28.6 Å². The van der Waals surface area contributed by atoms with Crippen molar-refractivity contribution in [3.05, 3.63) is 58.2 Å². The van der Waals surface area contributed by atoms with E-state index in [2.05, 4.69) is 5.10 Å². The van der Waals surface area contributed by atoms with Gasteiger partial charge in [0.1, 0.15) is 5.82 Å². The lowest BCUT2D eigenvalue weighted by atomic mass is 10.1. The highest BCUT2D eigenvalue weighted by Gasteiger charge is 2.08. The lowest BCUT2D eigenvalue weighted by Crippen LogP contribution is -2.04. The largest absolute Gasteiger partial charge is 0.478 e. The number of carboxylic acids is 1. The summed E-state index contributed by atoms with van der Waals surface area (Å²) in [5.74, 6) is -1.55. The monoisotopic (exact) mass is 288 g/mol. The number of halogens is 1. The van der Waals surface area contributed by atoms with E-state index in [-0.39, 0.29) is 5.56 Å². The maximum absolute atomic E-state index is 13.6. The Morgan fingerprint density at radius 2 is 2.10 bits per heavy atom. The van der Waals surface area contributed by atoms with E-state index in [4.69, 9.17) is 5.11 Å². The number of aryl methyl sites for hydroxylation is 1. The third kappa shape index (κ3) is 3.37. The number of benzene rings is 1. The molecule has 1 aromatic heterocycles. The fraction of sp³-hybridized carbons (Fsp3) is 0.250. The Bertz CT molecular complexity index is 717. The first-order valence-electron chi connectivity index (χ1n) is 6.58. The average molecular weight is 288 g/mol. The molecule has 2 aromatic rings. The summed E-state index contributed by atoms with van der Waals surface area (Å²) >= 11 is 0. The van der Waals surface area contributed by atoms with Gasteiger partial charge in [-0.05, 0) is 50.1 Å². The zero-order valence-corrected chi connectivity index (χ0v) is 12.2. The highest BCUT2D eigenvalue weighted by atomic mass is 19.1. The molecule has 0 unspecified atom stereocenters. The molecule has 0 aliphatic carbocycles. The molecule has 0 saturated heterocycles. The molecule has 0 spiro atoms. The van der Waals surface area contributed by atoms with Crippen molar-refractivity contribution >= 4 is 12.0 Å². The van der Waals surface area contributed by atoms with Gasteiger partial charge in [0.15, 0.2) is 0 Å². The smallest absolute Gasteiger partial charge is 0.328 e. The lowest BCUT2D eigenvalue weighted by molar-refractivity contribution is -0.131. The molecule has 0 radical (unpaired) electrons. The minimum atomic E-state index is -1.10. The molecule has 1 N–H and O–H groups in total. The molecule has 4 nitrogen and oxygen atoms in total. The summed E-state index contributed by atoms with van der Waals surface area (Å²) in [7, 11) is 0. The number of carbonyl (C=O) groups is 1. The number of aromatic nitrogens is 2. The van der Waals surface area contributed by atoms with Crippen LogP contribution in [0.4, 0.5) is 4.39 Å². The molecule has 0 amide bonds. The first-order chi connectivity index (χ1) is 9.88. The van der Waals surface area contributed by atoms with Crippen molar-refractivity contribution in [1.29, 1.82) is 0 Å². The van der Waals surface area contributed by atoms with Crippen molar-refractivity contribution in [2.75, 3.05) is 0 Å². The highest BCUT2D eigenvalue weighted by Crippen LogP contribution is 2.16. The van der Waals surface area contributed by atoms with Gasteiger partial charge in [0.05, 0.1) is 12.2 Å². The molecule has 5 heteroatoms. The van der Waals surface area contributed by atoms with Gasteiger partial charge in [0.2, 0.25) is 0 Å².